The van der Waals surface area contributed by atoms with Crippen molar-refractivity contribution in [3.05, 3.63) is 92.1 Å². The number of hydrogen-bond donors (Lipinski definition) is 2. The van der Waals surface area contributed by atoms with Crippen LogP contribution in [0.5, 0.6) is 17.2 Å². The Labute approximate surface area is 236 Å². The predicted molar refractivity (Wildman–Crippen MR) is 148 cm³/mol. The highest BCUT2D eigenvalue weighted by Gasteiger charge is 2.35. The second kappa shape index (κ2) is 12.3. The number of benzene rings is 3. The molecule has 2 N–H and O–H groups in total. The first kappa shape index (κ1) is 28.1. The fourth-order valence-corrected chi connectivity index (χ4v) is 4.24. The van der Waals surface area contributed by atoms with Gasteiger partial charge < -0.3 is 24.8 Å². The Balaban J connectivity index is 1.47. The molecule has 3 aromatic rings. The first-order valence-corrected chi connectivity index (χ1v) is 12.5. The van der Waals surface area contributed by atoms with Crippen molar-refractivity contribution in [1.82, 2.24) is 10.2 Å². The zero-order chi connectivity index (χ0) is 28.8. The van der Waals surface area contributed by atoms with Gasteiger partial charge in [0.05, 0.1) is 24.8 Å². The van der Waals surface area contributed by atoms with Crippen LogP contribution in [0.1, 0.15) is 11.1 Å². The molecule has 0 radical (unpaired) electrons. The molecule has 3 aromatic carbocycles. The summed E-state index contributed by atoms with van der Waals surface area (Å²) in [4.78, 5) is 49.3. The van der Waals surface area contributed by atoms with Crippen molar-refractivity contribution in [3.8, 4) is 17.2 Å². The lowest BCUT2D eigenvalue weighted by Gasteiger charge is -2.14. The highest BCUT2D eigenvalue weighted by atomic mass is 79.9. The average molecular weight is 611 g/mol. The minimum absolute atomic E-state index is 0.0388. The van der Waals surface area contributed by atoms with Gasteiger partial charge in [0, 0.05) is 16.6 Å². The van der Waals surface area contributed by atoms with E-state index in [0.29, 0.717) is 38.5 Å². The number of nitro groups is 1. The smallest absolute Gasteiger partial charge is 0.329 e. The molecule has 1 saturated heterocycles. The van der Waals surface area contributed by atoms with Gasteiger partial charge in [-0.05, 0) is 41.5 Å². The zero-order valence-corrected chi connectivity index (χ0v) is 22.9. The molecule has 1 aliphatic heterocycles. The third kappa shape index (κ3) is 6.38. The van der Waals surface area contributed by atoms with Gasteiger partial charge in [-0.15, -0.1) is 0 Å². The number of halogens is 1. The molecule has 0 spiro atoms. The SMILES string of the molecule is COc1ccccc1NC(=O)CN1C(=O)N/C(=C/c2cc(OC)c(OCc3cccc([N+](=O)[O-])c3)cc2Br)C1=O. The van der Waals surface area contributed by atoms with Crippen molar-refractivity contribution in [2.45, 2.75) is 6.61 Å². The Bertz CT molecular complexity index is 1520. The van der Waals surface area contributed by atoms with E-state index in [4.69, 9.17) is 14.2 Å². The third-order valence-electron chi connectivity index (χ3n) is 5.74. The van der Waals surface area contributed by atoms with Crippen LogP contribution in [0.25, 0.3) is 6.08 Å². The highest BCUT2D eigenvalue weighted by Crippen LogP contribution is 2.35. The van der Waals surface area contributed by atoms with Gasteiger partial charge >= 0.3 is 6.03 Å². The van der Waals surface area contributed by atoms with Crippen LogP contribution in [0, 0.1) is 10.1 Å². The van der Waals surface area contributed by atoms with E-state index in [0.717, 1.165) is 4.90 Å². The van der Waals surface area contributed by atoms with E-state index in [1.807, 2.05) is 0 Å². The van der Waals surface area contributed by atoms with Gasteiger partial charge in [-0.3, -0.25) is 19.7 Å². The molecule has 0 unspecified atom stereocenters. The molecular formula is C27H23BrN4O8. The Morgan fingerprint density at radius 1 is 1.05 bits per heavy atom. The molecule has 1 heterocycles. The van der Waals surface area contributed by atoms with Crippen molar-refractivity contribution < 1.29 is 33.5 Å². The lowest BCUT2D eigenvalue weighted by Crippen LogP contribution is -2.38. The Morgan fingerprint density at radius 3 is 2.52 bits per heavy atom. The van der Waals surface area contributed by atoms with Gasteiger partial charge in [-0.2, -0.15) is 0 Å². The highest BCUT2D eigenvalue weighted by molar-refractivity contribution is 9.10. The summed E-state index contributed by atoms with van der Waals surface area (Å²) in [6, 6.07) is 15.3. The molecule has 12 nitrogen and oxygen atoms in total. The van der Waals surface area contributed by atoms with Crippen LogP contribution in [0.3, 0.4) is 0 Å². The molecule has 1 aliphatic rings. The van der Waals surface area contributed by atoms with Gasteiger partial charge in [-0.25, -0.2) is 9.69 Å². The van der Waals surface area contributed by atoms with E-state index in [2.05, 4.69) is 26.6 Å². The lowest BCUT2D eigenvalue weighted by molar-refractivity contribution is -0.384. The molecule has 1 fully saturated rings. The van der Waals surface area contributed by atoms with Crippen LogP contribution in [-0.4, -0.2) is 48.4 Å². The number of nitrogens with one attached hydrogen (secondary N) is 2. The average Bonchev–Trinajstić information content (AvgIpc) is 3.20. The van der Waals surface area contributed by atoms with Crippen LogP contribution < -0.4 is 24.8 Å². The Morgan fingerprint density at radius 2 is 1.80 bits per heavy atom. The normalized spacial score (nSPS) is 13.7. The van der Waals surface area contributed by atoms with Crippen molar-refractivity contribution in [2.75, 3.05) is 26.1 Å². The summed E-state index contributed by atoms with van der Waals surface area (Å²) in [6.07, 6.45) is 1.44. The van der Waals surface area contributed by atoms with E-state index in [1.54, 1.807) is 48.5 Å². The summed E-state index contributed by atoms with van der Waals surface area (Å²) < 4.78 is 17.0. The number of carbonyl (C=O) groups excluding carboxylic acids is 3. The number of amides is 4. The van der Waals surface area contributed by atoms with Crippen LogP contribution in [0.2, 0.25) is 0 Å². The molecule has 206 valence electrons. The summed E-state index contributed by atoms with van der Waals surface area (Å²) in [5.74, 6) is -0.158. The fraction of sp³-hybridized carbons (Fsp3) is 0.148. The van der Waals surface area contributed by atoms with Crippen LogP contribution in [0.15, 0.2) is 70.8 Å². The maximum Gasteiger partial charge on any atom is 0.329 e. The molecular weight excluding hydrogens is 588 g/mol. The van der Waals surface area contributed by atoms with Crippen LogP contribution in [0.4, 0.5) is 16.2 Å². The number of imide groups is 1. The van der Waals surface area contributed by atoms with Crippen molar-refractivity contribution in [3.63, 3.8) is 0 Å². The molecule has 4 rings (SSSR count). The van der Waals surface area contributed by atoms with E-state index >= 15 is 0 Å². The number of nitrogens with zero attached hydrogens (tertiary/aromatic N) is 2. The number of nitro benzene ring substituents is 1. The predicted octanol–water partition coefficient (Wildman–Crippen LogP) is 4.48. The van der Waals surface area contributed by atoms with E-state index in [-0.39, 0.29) is 18.0 Å². The van der Waals surface area contributed by atoms with Crippen LogP contribution in [-0.2, 0) is 16.2 Å². The van der Waals surface area contributed by atoms with Gasteiger partial charge in [0.25, 0.3) is 11.6 Å². The number of rotatable bonds is 10. The van der Waals surface area contributed by atoms with Crippen LogP contribution >= 0.6 is 15.9 Å². The number of urea groups is 1. The standard InChI is InChI=1S/C27H23BrN4O8/c1-38-22-9-4-3-8-20(22)29-25(33)14-31-26(34)21(30-27(31)35)11-17-12-23(39-2)24(13-19(17)28)40-15-16-6-5-7-18(10-16)32(36)37/h3-13H,14-15H2,1-2H3,(H,29,33)(H,30,35)/b21-11+. The maximum absolute atomic E-state index is 12.9. The number of methoxy groups -OCH3 is 2. The number of ether oxygens (including phenoxy) is 3. The van der Waals surface area contributed by atoms with Crippen molar-refractivity contribution in [2.24, 2.45) is 0 Å². The third-order valence-corrected chi connectivity index (χ3v) is 6.43. The minimum Gasteiger partial charge on any atom is -0.495 e. The number of non-ortho nitro benzene ring substituents is 1. The quantitative estimate of drug-likeness (QED) is 0.148. The monoisotopic (exact) mass is 610 g/mol. The summed E-state index contributed by atoms with van der Waals surface area (Å²) >= 11 is 3.43. The molecule has 0 aromatic heterocycles. The second-order valence-electron chi connectivity index (χ2n) is 8.37. The van der Waals surface area contributed by atoms with E-state index in [1.165, 1.54) is 32.4 Å². The minimum atomic E-state index is -0.744. The largest absolute Gasteiger partial charge is 0.495 e. The summed E-state index contributed by atoms with van der Waals surface area (Å²) in [5, 5.41) is 16.1. The molecule has 40 heavy (non-hydrogen) atoms. The topological polar surface area (TPSA) is 149 Å². The van der Waals surface area contributed by atoms with Crippen molar-refractivity contribution >= 4 is 51.2 Å². The van der Waals surface area contributed by atoms with Gasteiger partial charge in [-0.1, -0.05) is 40.2 Å². The molecule has 4 amide bonds. The Hall–Kier alpha value is -4.91. The van der Waals surface area contributed by atoms with Crippen molar-refractivity contribution in [1.29, 1.82) is 0 Å². The van der Waals surface area contributed by atoms with E-state index in [9.17, 15) is 24.5 Å². The fourth-order valence-electron chi connectivity index (χ4n) is 3.81. The molecule has 13 heteroatoms. The number of anilines is 1. The summed E-state index contributed by atoms with van der Waals surface area (Å²) in [7, 11) is 2.90. The molecule has 0 atom stereocenters. The number of carbonyl (C=O) groups is 3. The van der Waals surface area contributed by atoms with Gasteiger partial charge in [0.2, 0.25) is 5.91 Å². The lowest BCUT2D eigenvalue weighted by atomic mass is 10.1. The van der Waals surface area contributed by atoms with Gasteiger partial charge in [0.15, 0.2) is 11.5 Å². The first-order chi connectivity index (χ1) is 19.2. The van der Waals surface area contributed by atoms with Gasteiger partial charge in [0.1, 0.15) is 24.6 Å². The number of hydrogen-bond acceptors (Lipinski definition) is 8. The number of para-hydroxylation sites is 2. The summed E-state index contributed by atoms with van der Waals surface area (Å²) in [5.41, 5.74) is 1.40. The molecule has 0 bridgehead atoms. The summed E-state index contributed by atoms with van der Waals surface area (Å²) in [6.45, 7) is -0.458. The molecule has 0 aliphatic carbocycles. The molecule has 0 saturated carbocycles. The first-order valence-electron chi connectivity index (χ1n) is 11.7. The van der Waals surface area contributed by atoms with E-state index < -0.39 is 29.3 Å². The maximum atomic E-state index is 12.9. The second-order valence-corrected chi connectivity index (χ2v) is 9.22. The zero-order valence-electron chi connectivity index (χ0n) is 21.3. The Kier molecular flexibility index (Phi) is 8.64.